The number of nitrogens with zero attached hydrogens (tertiary/aromatic N) is 2. The molecule has 6 nitrogen and oxygen atoms in total. The smallest absolute Gasteiger partial charge is 0.238 e. The lowest BCUT2D eigenvalue weighted by Gasteiger charge is -2.23. The second kappa shape index (κ2) is 6.93. The number of nitrogen functional groups attached to an aromatic ring is 1. The van der Waals surface area contributed by atoms with Gasteiger partial charge in [-0.05, 0) is 53.0 Å². The Morgan fingerprint density at radius 2 is 1.95 bits per heavy atom. The number of nitrogens with two attached hydrogens (primary N) is 1. The van der Waals surface area contributed by atoms with Crippen molar-refractivity contribution in [2.45, 2.75) is 18.9 Å². The first-order valence-electron chi connectivity index (χ1n) is 7.11. The van der Waals surface area contributed by atoms with Crippen LogP contribution in [0.1, 0.15) is 12.8 Å². The summed E-state index contributed by atoms with van der Waals surface area (Å²) in [6.07, 6.45) is 3.59. The zero-order valence-corrected chi connectivity index (χ0v) is 13.5. The van der Waals surface area contributed by atoms with E-state index in [1.54, 1.807) is 30.5 Å². The van der Waals surface area contributed by atoms with Gasteiger partial charge in [-0.15, -0.1) is 0 Å². The highest BCUT2D eigenvalue weighted by Gasteiger charge is 2.15. The predicted molar refractivity (Wildman–Crippen MR) is 88.1 cm³/mol. The first kappa shape index (κ1) is 15.1. The highest BCUT2D eigenvalue weighted by Crippen LogP contribution is 2.28. The third-order valence-corrected chi connectivity index (χ3v) is 3.91. The van der Waals surface area contributed by atoms with Crippen molar-refractivity contribution in [3.8, 4) is 11.6 Å². The summed E-state index contributed by atoms with van der Waals surface area (Å²) in [6, 6.07) is 7.50. The Balaban J connectivity index is 1.73. The molecule has 1 aromatic heterocycles. The van der Waals surface area contributed by atoms with E-state index in [-0.39, 0.29) is 0 Å². The molecule has 1 aliphatic heterocycles. The van der Waals surface area contributed by atoms with Crippen LogP contribution < -0.4 is 15.8 Å². The quantitative estimate of drug-likeness (QED) is 0.810. The van der Waals surface area contributed by atoms with Gasteiger partial charge in [0.1, 0.15) is 5.75 Å². The zero-order valence-electron chi connectivity index (χ0n) is 12.0. The molecule has 3 rings (SSSR count). The molecule has 1 fully saturated rings. The molecule has 1 aliphatic rings. The first-order valence-corrected chi connectivity index (χ1v) is 7.90. The van der Waals surface area contributed by atoms with Gasteiger partial charge in [0.25, 0.3) is 0 Å². The van der Waals surface area contributed by atoms with Crippen LogP contribution in [0, 0.1) is 0 Å². The summed E-state index contributed by atoms with van der Waals surface area (Å²) >= 11 is 3.41. The van der Waals surface area contributed by atoms with Crippen LogP contribution in [0.4, 0.5) is 11.6 Å². The SMILES string of the molecule is Nc1ccc(Oc2nc(NC3CCOCC3)ncc2Br)cc1. The van der Waals surface area contributed by atoms with Gasteiger partial charge >= 0.3 is 0 Å². The van der Waals surface area contributed by atoms with Gasteiger partial charge in [0, 0.05) is 24.9 Å². The second-order valence-electron chi connectivity index (χ2n) is 5.05. The molecule has 3 N–H and O–H groups in total. The third-order valence-electron chi connectivity index (χ3n) is 3.36. The Kier molecular flexibility index (Phi) is 4.74. The van der Waals surface area contributed by atoms with Gasteiger partial charge < -0.3 is 20.5 Å². The number of benzene rings is 1. The molecule has 7 heteroatoms. The van der Waals surface area contributed by atoms with E-state index in [1.807, 2.05) is 0 Å². The second-order valence-corrected chi connectivity index (χ2v) is 5.90. The van der Waals surface area contributed by atoms with E-state index in [9.17, 15) is 0 Å². The van der Waals surface area contributed by atoms with E-state index < -0.39 is 0 Å². The fourth-order valence-corrected chi connectivity index (χ4v) is 2.44. The van der Waals surface area contributed by atoms with Gasteiger partial charge in [0.15, 0.2) is 0 Å². The Morgan fingerprint density at radius 1 is 1.23 bits per heavy atom. The summed E-state index contributed by atoms with van der Waals surface area (Å²) in [6.45, 7) is 1.53. The minimum absolute atomic E-state index is 0.333. The van der Waals surface area contributed by atoms with Crippen molar-refractivity contribution >= 4 is 27.6 Å². The molecule has 2 aromatic rings. The summed E-state index contributed by atoms with van der Waals surface area (Å²) in [5, 5.41) is 3.32. The van der Waals surface area contributed by atoms with E-state index in [1.165, 1.54) is 0 Å². The number of rotatable bonds is 4. The molecular formula is C15H17BrN4O2. The molecule has 0 atom stereocenters. The van der Waals surface area contributed by atoms with Crippen LogP contribution in [-0.4, -0.2) is 29.2 Å². The summed E-state index contributed by atoms with van der Waals surface area (Å²) in [4.78, 5) is 8.70. The molecule has 0 radical (unpaired) electrons. The van der Waals surface area contributed by atoms with E-state index in [2.05, 4.69) is 31.2 Å². The Morgan fingerprint density at radius 3 is 2.68 bits per heavy atom. The van der Waals surface area contributed by atoms with E-state index in [4.69, 9.17) is 15.2 Å². The van der Waals surface area contributed by atoms with Crippen LogP contribution in [-0.2, 0) is 4.74 Å². The lowest BCUT2D eigenvalue weighted by molar-refractivity contribution is 0.0903. The van der Waals surface area contributed by atoms with Crippen molar-refractivity contribution in [2.24, 2.45) is 0 Å². The molecule has 2 heterocycles. The predicted octanol–water partition coefficient (Wildman–Crippen LogP) is 3.20. The molecular weight excluding hydrogens is 348 g/mol. The zero-order chi connectivity index (χ0) is 15.4. The maximum Gasteiger partial charge on any atom is 0.238 e. The van der Waals surface area contributed by atoms with Crippen LogP contribution in [0.5, 0.6) is 11.6 Å². The first-order chi connectivity index (χ1) is 10.7. The number of halogens is 1. The molecule has 0 saturated carbocycles. The van der Waals surface area contributed by atoms with Crippen LogP contribution >= 0.6 is 15.9 Å². The molecule has 0 bridgehead atoms. The van der Waals surface area contributed by atoms with E-state index >= 15 is 0 Å². The van der Waals surface area contributed by atoms with Crippen LogP contribution in [0.2, 0.25) is 0 Å². The normalized spacial score (nSPS) is 15.5. The highest BCUT2D eigenvalue weighted by molar-refractivity contribution is 9.10. The number of hydrogen-bond donors (Lipinski definition) is 2. The molecule has 22 heavy (non-hydrogen) atoms. The fraction of sp³-hybridized carbons (Fsp3) is 0.333. The fourth-order valence-electron chi connectivity index (χ4n) is 2.16. The van der Waals surface area contributed by atoms with Crippen molar-refractivity contribution in [1.82, 2.24) is 9.97 Å². The van der Waals surface area contributed by atoms with Crippen molar-refractivity contribution < 1.29 is 9.47 Å². The van der Waals surface area contributed by atoms with Gasteiger partial charge in [-0.2, -0.15) is 4.98 Å². The maximum atomic E-state index is 5.78. The van der Waals surface area contributed by atoms with Gasteiger partial charge in [0.2, 0.25) is 11.8 Å². The average Bonchev–Trinajstić information content (AvgIpc) is 2.54. The van der Waals surface area contributed by atoms with Crippen LogP contribution in [0.15, 0.2) is 34.9 Å². The van der Waals surface area contributed by atoms with E-state index in [0.717, 1.165) is 26.1 Å². The number of anilines is 2. The molecule has 1 saturated heterocycles. The Hall–Kier alpha value is -1.86. The topological polar surface area (TPSA) is 82.3 Å². The molecule has 0 unspecified atom stereocenters. The lowest BCUT2D eigenvalue weighted by Crippen LogP contribution is -2.28. The Bertz CT molecular complexity index is 630. The molecule has 0 spiro atoms. The maximum absolute atomic E-state index is 5.78. The largest absolute Gasteiger partial charge is 0.438 e. The number of hydrogen-bond acceptors (Lipinski definition) is 6. The van der Waals surface area contributed by atoms with Gasteiger partial charge in [0.05, 0.1) is 10.7 Å². The number of nitrogens with one attached hydrogen (secondary N) is 1. The molecule has 116 valence electrons. The molecule has 0 aliphatic carbocycles. The summed E-state index contributed by atoms with van der Waals surface area (Å²) in [5.41, 5.74) is 6.36. The monoisotopic (exact) mass is 364 g/mol. The number of aromatic nitrogens is 2. The summed E-state index contributed by atoms with van der Waals surface area (Å²) in [7, 11) is 0. The highest BCUT2D eigenvalue weighted by atomic mass is 79.9. The van der Waals surface area contributed by atoms with Crippen molar-refractivity contribution in [1.29, 1.82) is 0 Å². The molecule has 0 amide bonds. The van der Waals surface area contributed by atoms with E-state index in [0.29, 0.717) is 33.8 Å². The minimum atomic E-state index is 0.333. The van der Waals surface area contributed by atoms with Crippen LogP contribution in [0.25, 0.3) is 0 Å². The summed E-state index contributed by atoms with van der Waals surface area (Å²) in [5.74, 6) is 1.69. The third kappa shape index (κ3) is 3.86. The lowest BCUT2D eigenvalue weighted by atomic mass is 10.1. The van der Waals surface area contributed by atoms with Gasteiger partial charge in [-0.3, -0.25) is 0 Å². The minimum Gasteiger partial charge on any atom is -0.438 e. The van der Waals surface area contributed by atoms with Crippen LogP contribution in [0.3, 0.4) is 0 Å². The standard InChI is InChI=1S/C15H17BrN4O2/c16-13-9-18-15(19-11-5-7-21-8-6-11)20-14(13)22-12-3-1-10(17)2-4-12/h1-4,9,11H,5-8,17H2,(H,18,19,20). The average molecular weight is 365 g/mol. The van der Waals surface area contributed by atoms with Crippen molar-refractivity contribution in [3.63, 3.8) is 0 Å². The van der Waals surface area contributed by atoms with Crippen molar-refractivity contribution in [2.75, 3.05) is 24.3 Å². The van der Waals surface area contributed by atoms with Gasteiger partial charge in [-0.25, -0.2) is 4.98 Å². The Labute approximate surface area is 137 Å². The summed E-state index contributed by atoms with van der Waals surface area (Å²) < 4.78 is 11.8. The van der Waals surface area contributed by atoms with Gasteiger partial charge in [-0.1, -0.05) is 0 Å². The number of ether oxygens (including phenoxy) is 2. The van der Waals surface area contributed by atoms with Crippen molar-refractivity contribution in [3.05, 3.63) is 34.9 Å². The molecule has 1 aromatic carbocycles.